The summed E-state index contributed by atoms with van der Waals surface area (Å²) in [5.41, 5.74) is 4.85. The molecule has 1 aromatic heterocycles. The van der Waals surface area contributed by atoms with Crippen molar-refractivity contribution in [3.05, 3.63) is 12.1 Å². The minimum absolute atomic E-state index is 0.340. The van der Waals surface area contributed by atoms with Gasteiger partial charge in [-0.3, -0.25) is 0 Å². The number of hydrogen-bond donors (Lipinski definition) is 1. The monoisotopic (exact) mass is 152 g/mol. The van der Waals surface area contributed by atoms with Crippen LogP contribution < -0.4 is 5.73 Å². The zero-order valence-corrected chi connectivity index (χ0v) is 4.64. The number of rotatable bonds is 0. The van der Waals surface area contributed by atoms with Crippen LogP contribution in [-0.2, 0) is 6.18 Å². The maximum atomic E-state index is 11.6. The molecule has 0 saturated carbocycles. The molecule has 1 heterocycles. The van der Waals surface area contributed by atoms with Crippen molar-refractivity contribution >= 4 is 5.88 Å². The maximum absolute atomic E-state index is 11.6. The Morgan fingerprint density at radius 3 is 2.30 bits per heavy atom. The van der Waals surface area contributed by atoms with Crippen molar-refractivity contribution in [1.29, 1.82) is 0 Å². The van der Waals surface area contributed by atoms with E-state index in [0.29, 0.717) is 0 Å². The lowest BCUT2D eigenvalue weighted by molar-refractivity contribution is -0.156. The molecule has 2 N–H and O–H groups in total. The second-order valence-corrected chi connectivity index (χ2v) is 1.57. The van der Waals surface area contributed by atoms with Crippen LogP contribution in [-0.4, -0.2) is 4.98 Å². The molecule has 0 fully saturated rings. The van der Waals surface area contributed by atoms with Gasteiger partial charge in [-0.15, -0.1) is 0 Å². The number of nitrogen functional groups attached to an aromatic ring is 1. The number of anilines is 1. The van der Waals surface area contributed by atoms with Crippen LogP contribution >= 0.6 is 0 Å². The molecule has 10 heavy (non-hydrogen) atoms. The van der Waals surface area contributed by atoms with Crippen molar-refractivity contribution in [2.24, 2.45) is 0 Å². The summed E-state index contributed by atoms with van der Waals surface area (Å²) in [6, 6.07) is 0. The van der Waals surface area contributed by atoms with Crippen molar-refractivity contribution in [2.75, 3.05) is 5.73 Å². The highest BCUT2D eigenvalue weighted by Gasteiger charge is 2.36. The van der Waals surface area contributed by atoms with Crippen molar-refractivity contribution < 1.29 is 17.6 Å². The number of oxazole rings is 1. The van der Waals surface area contributed by atoms with Gasteiger partial charge in [0.15, 0.2) is 0 Å². The highest BCUT2D eigenvalue weighted by molar-refractivity contribution is 5.18. The summed E-state index contributed by atoms with van der Waals surface area (Å²) in [7, 11) is 0. The van der Waals surface area contributed by atoms with E-state index in [0.717, 1.165) is 6.20 Å². The summed E-state index contributed by atoms with van der Waals surface area (Å²) in [5.74, 6) is -1.66. The van der Waals surface area contributed by atoms with Gasteiger partial charge in [0, 0.05) is 0 Å². The lowest BCUT2D eigenvalue weighted by Gasteiger charge is -1.97. The Kier molecular flexibility index (Phi) is 1.31. The number of nitrogens with zero attached hydrogens (tertiary/aromatic N) is 1. The molecule has 1 aromatic rings. The molecule has 0 atom stereocenters. The molecule has 0 bridgehead atoms. The van der Waals surface area contributed by atoms with E-state index in [1.165, 1.54) is 0 Å². The Labute approximate surface area is 53.6 Å². The normalized spacial score (nSPS) is 11.9. The van der Waals surface area contributed by atoms with Gasteiger partial charge in [0.1, 0.15) is 0 Å². The van der Waals surface area contributed by atoms with Crippen molar-refractivity contribution in [1.82, 2.24) is 4.98 Å². The van der Waals surface area contributed by atoms with Crippen LogP contribution in [0.4, 0.5) is 19.1 Å². The first-order chi connectivity index (χ1) is 4.50. The average Bonchev–Trinajstić information content (AvgIpc) is 2.11. The molecule has 0 aromatic carbocycles. The zero-order chi connectivity index (χ0) is 7.78. The van der Waals surface area contributed by atoms with E-state index in [2.05, 4.69) is 9.40 Å². The first kappa shape index (κ1) is 6.91. The van der Waals surface area contributed by atoms with E-state index in [1.54, 1.807) is 0 Å². The van der Waals surface area contributed by atoms with Gasteiger partial charge >= 0.3 is 12.1 Å². The molecule has 0 amide bonds. The Hall–Kier alpha value is -1.20. The van der Waals surface area contributed by atoms with Crippen LogP contribution in [0.5, 0.6) is 0 Å². The predicted molar refractivity (Wildman–Crippen MR) is 25.9 cm³/mol. The van der Waals surface area contributed by atoms with Gasteiger partial charge in [0.25, 0.3) is 0 Å². The molecule has 0 aliphatic carbocycles. The molecule has 0 spiro atoms. The Morgan fingerprint density at radius 1 is 1.50 bits per heavy atom. The van der Waals surface area contributed by atoms with E-state index in [4.69, 9.17) is 5.73 Å². The molecule has 0 unspecified atom stereocenters. The Bertz CT molecular complexity index is 229. The summed E-state index contributed by atoms with van der Waals surface area (Å²) in [5, 5.41) is 0. The van der Waals surface area contributed by atoms with E-state index >= 15 is 0 Å². The Morgan fingerprint density at radius 2 is 2.10 bits per heavy atom. The van der Waals surface area contributed by atoms with Crippen LogP contribution in [0.2, 0.25) is 0 Å². The summed E-state index contributed by atoms with van der Waals surface area (Å²) in [4.78, 5) is 2.87. The van der Waals surface area contributed by atoms with E-state index in [9.17, 15) is 13.2 Å². The third kappa shape index (κ3) is 1.20. The summed E-state index contributed by atoms with van der Waals surface area (Å²) in [6.07, 6.45) is -3.74. The molecule has 6 heteroatoms. The molecule has 0 aliphatic rings. The van der Waals surface area contributed by atoms with Gasteiger partial charge in [0.2, 0.25) is 5.88 Å². The first-order valence-electron chi connectivity index (χ1n) is 2.28. The highest BCUT2D eigenvalue weighted by Crippen LogP contribution is 2.28. The minimum Gasteiger partial charge on any atom is -0.417 e. The third-order valence-electron chi connectivity index (χ3n) is 0.766. The van der Waals surface area contributed by atoms with Crippen molar-refractivity contribution in [3.8, 4) is 0 Å². The van der Waals surface area contributed by atoms with Gasteiger partial charge in [-0.05, 0) is 0 Å². The molecule has 0 saturated heterocycles. The van der Waals surface area contributed by atoms with E-state index in [-0.39, 0.29) is 5.88 Å². The standard InChI is InChI=1S/C4H3F3N2O/c5-4(6,7)3-9-1-2(8)10-3/h1H,8H2. The third-order valence-corrected chi connectivity index (χ3v) is 0.766. The Balaban J connectivity index is 2.96. The number of aromatic nitrogens is 1. The molecule has 1 rings (SSSR count). The van der Waals surface area contributed by atoms with Crippen LogP contribution in [0, 0.1) is 0 Å². The van der Waals surface area contributed by atoms with Crippen LogP contribution in [0.25, 0.3) is 0 Å². The fourth-order valence-corrected chi connectivity index (χ4v) is 0.418. The lowest BCUT2D eigenvalue weighted by Crippen LogP contribution is -2.04. The smallest absolute Gasteiger partial charge is 0.417 e. The van der Waals surface area contributed by atoms with E-state index in [1.807, 2.05) is 0 Å². The molecule has 0 radical (unpaired) electrons. The fraction of sp³-hybridized carbons (Fsp3) is 0.250. The predicted octanol–water partition coefficient (Wildman–Crippen LogP) is 1.28. The second-order valence-electron chi connectivity index (χ2n) is 1.57. The fourth-order valence-electron chi connectivity index (χ4n) is 0.418. The average molecular weight is 152 g/mol. The van der Waals surface area contributed by atoms with Gasteiger partial charge in [-0.2, -0.15) is 13.2 Å². The first-order valence-corrected chi connectivity index (χ1v) is 2.28. The molecular formula is C4H3F3N2O. The van der Waals surface area contributed by atoms with Gasteiger partial charge in [-0.1, -0.05) is 0 Å². The molecule has 3 nitrogen and oxygen atoms in total. The summed E-state index contributed by atoms with van der Waals surface area (Å²) >= 11 is 0. The largest absolute Gasteiger partial charge is 0.469 e. The van der Waals surface area contributed by atoms with E-state index < -0.39 is 12.1 Å². The molecule has 56 valence electrons. The number of nitrogens with two attached hydrogens (primary N) is 1. The zero-order valence-electron chi connectivity index (χ0n) is 4.64. The maximum Gasteiger partial charge on any atom is 0.469 e. The van der Waals surface area contributed by atoms with Crippen molar-refractivity contribution in [2.45, 2.75) is 6.18 Å². The number of halogens is 3. The minimum atomic E-state index is -4.54. The SMILES string of the molecule is Nc1cnc(C(F)(F)F)o1. The summed E-state index contributed by atoms with van der Waals surface area (Å²) in [6.45, 7) is 0. The van der Waals surface area contributed by atoms with Gasteiger partial charge in [0.05, 0.1) is 6.20 Å². The number of hydrogen-bond acceptors (Lipinski definition) is 3. The van der Waals surface area contributed by atoms with Crippen LogP contribution in [0.3, 0.4) is 0 Å². The molecular weight excluding hydrogens is 149 g/mol. The lowest BCUT2D eigenvalue weighted by atomic mass is 10.7. The highest BCUT2D eigenvalue weighted by atomic mass is 19.4. The quantitative estimate of drug-likeness (QED) is 0.609. The van der Waals surface area contributed by atoms with Gasteiger partial charge < -0.3 is 10.2 Å². The van der Waals surface area contributed by atoms with Crippen LogP contribution in [0.15, 0.2) is 10.6 Å². The van der Waals surface area contributed by atoms with Gasteiger partial charge in [-0.25, -0.2) is 4.98 Å². The molecule has 0 aliphatic heterocycles. The summed E-state index contributed by atoms with van der Waals surface area (Å²) < 4.78 is 38.8. The topological polar surface area (TPSA) is 52.0 Å². The van der Waals surface area contributed by atoms with Crippen molar-refractivity contribution in [3.63, 3.8) is 0 Å². The van der Waals surface area contributed by atoms with Crippen LogP contribution in [0.1, 0.15) is 5.89 Å². The number of alkyl halides is 3. The second kappa shape index (κ2) is 1.89.